The van der Waals surface area contributed by atoms with Gasteiger partial charge in [0, 0.05) is 17.8 Å². The Kier molecular flexibility index (Phi) is 7.48. The van der Waals surface area contributed by atoms with Crippen molar-refractivity contribution < 1.29 is 4.74 Å². The topological polar surface area (TPSA) is 21.3 Å². The second kappa shape index (κ2) is 9.70. The van der Waals surface area contributed by atoms with E-state index in [0.717, 1.165) is 5.75 Å². The molecular formula is C19H31NO. The highest BCUT2D eigenvalue weighted by molar-refractivity contribution is 5.48. The van der Waals surface area contributed by atoms with Crippen LogP contribution in [0, 0.1) is 0 Å². The number of anilines is 1. The Morgan fingerprint density at radius 2 is 1.43 bits per heavy atom. The molecule has 0 saturated heterocycles. The monoisotopic (exact) mass is 289 g/mol. The maximum absolute atomic E-state index is 5.32. The molecule has 0 aliphatic heterocycles. The van der Waals surface area contributed by atoms with Gasteiger partial charge < -0.3 is 10.1 Å². The van der Waals surface area contributed by atoms with Crippen LogP contribution in [-0.4, -0.2) is 13.2 Å². The second-order valence-corrected chi connectivity index (χ2v) is 6.33. The van der Waals surface area contributed by atoms with E-state index in [1.54, 1.807) is 7.11 Å². The number of benzene rings is 1. The number of hydrogen-bond donors (Lipinski definition) is 1. The van der Waals surface area contributed by atoms with Gasteiger partial charge in [-0.2, -0.15) is 0 Å². The van der Waals surface area contributed by atoms with Crippen LogP contribution in [-0.2, 0) is 0 Å². The van der Waals surface area contributed by atoms with Gasteiger partial charge >= 0.3 is 0 Å². The summed E-state index contributed by atoms with van der Waals surface area (Å²) >= 11 is 0. The third-order valence-corrected chi connectivity index (χ3v) is 4.55. The molecule has 118 valence electrons. The van der Waals surface area contributed by atoms with E-state index in [4.69, 9.17) is 4.74 Å². The number of nitrogens with one attached hydrogen (secondary N) is 1. The first-order chi connectivity index (χ1) is 10.4. The third-order valence-electron chi connectivity index (χ3n) is 4.55. The van der Waals surface area contributed by atoms with Gasteiger partial charge in [-0.05, 0) is 25.0 Å². The zero-order chi connectivity index (χ0) is 14.8. The second-order valence-electron chi connectivity index (χ2n) is 6.33. The Hall–Kier alpha value is -1.18. The molecular weight excluding hydrogens is 258 g/mol. The van der Waals surface area contributed by atoms with E-state index < -0.39 is 0 Å². The van der Waals surface area contributed by atoms with E-state index in [-0.39, 0.29) is 0 Å². The molecule has 1 fully saturated rings. The van der Waals surface area contributed by atoms with Crippen LogP contribution in [0.25, 0.3) is 0 Å². The lowest BCUT2D eigenvalue weighted by atomic mass is 9.98. The van der Waals surface area contributed by atoms with Gasteiger partial charge in [-0.3, -0.25) is 0 Å². The number of ether oxygens (including phenoxy) is 1. The van der Waals surface area contributed by atoms with Crippen LogP contribution >= 0.6 is 0 Å². The van der Waals surface area contributed by atoms with Crippen LogP contribution in [0.1, 0.15) is 70.6 Å². The average Bonchev–Trinajstić information content (AvgIpc) is 2.50. The minimum Gasteiger partial charge on any atom is -0.497 e. The Balaban J connectivity index is 1.87. The summed E-state index contributed by atoms with van der Waals surface area (Å²) in [5, 5.41) is 3.73. The molecule has 0 radical (unpaired) electrons. The molecule has 21 heavy (non-hydrogen) atoms. The van der Waals surface area contributed by atoms with Crippen LogP contribution in [0.5, 0.6) is 5.75 Å². The molecule has 0 amide bonds. The van der Waals surface area contributed by atoms with Gasteiger partial charge in [-0.25, -0.2) is 0 Å². The predicted molar refractivity (Wildman–Crippen MR) is 91.2 cm³/mol. The smallest absolute Gasteiger partial charge is 0.120 e. The van der Waals surface area contributed by atoms with Crippen LogP contribution in [0.3, 0.4) is 0 Å². The van der Waals surface area contributed by atoms with Gasteiger partial charge in [0.15, 0.2) is 0 Å². The van der Waals surface area contributed by atoms with Crippen molar-refractivity contribution in [1.29, 1.82) is 0 Å². The molecule has 2 rings (SSSR count). The first-order valence-electron chi connectivity index (χ1n) is 8.79. The fraction of sp³-hybridized carbons (Fsp3) is 0.684. The third kappa shape index (κ3) is 6.41. The highest BCUT2D eigenvalue weighted by Gasteiger charge is 2.09. The molecule has 1 aromatic carbocycles. The van der Waals surface area contributed by atoms with Crippen molar-refractivity contribution in [2.45, 2.75) is 76.7 Å². The standard InChI is InChI=1S/C19H31NO/c1-21-19-15-11-14-18(16-19)20-17-12-9-7-5-3-2-4-6-8-10-13-17/h11,14-17,20H,2-10,12-13H2,1H3. The summed E-state index contributed by atoms with van der Waals surface area (Å²) in [4.78, 5) is 0. The summed E-state index contributed by atoms with van der Waals surface area (Å²) in [5.41, 5.74) is 1.20. The van der Waals surface area contributed by atoms with Crippen molar-refractivity contribution in [2.75, 3.05) is 12.4 Å². The van der Waals surface area contributed by atoms with Gasteiger partial charge in [-0.15, -0.1) is 0 Å². The van der Waals surface area contributed by atoms with Crippen molar-refractivity contribution >= 4 is 5.69 Å². The first kappa shape index (κ1) is 16.2. The largest absolute Gasteiger partial charge is 0.497 e. The molecule has 0 heterocycles. The van der Waals surface area contributed by atoms with Gasteiger partial charge in [0.1, 0.15) is 5.75 Å². The van der Waals surface area contributed by atoms with Crippen molar-refractivity contribution in [3.8, 4) is 5.75 Å². The Labute approximate surface area is 130 Å². The normalized spacial score (nSPS) is 19.3. The van der Waals surface area contributed by atoms with E-state index in [2.05, 4.69) is 23.5 Å². The molecule has 2 nitrogen and oxygen atoms in total. The zero-order valence-corrected chi connectivity index (χ0v) is 13.6. The number of hydrogen-bond acceptors (Lipinski definition) is 2. The van der Waals surface area contributed by atoms with Gasteiger partial charge in [-0.1, -0.05) is 63.9 Å². The maximum atomic E-state index is 5.32. The van der Waals surface area contributed by atoms with E-state index in [0.29, 0.717) is 6.04 Å². The molecule has 0 atom stereocenters. The summed E-state index contributed by atoms with van der Waals surface area (Å²) in [6, 6.07) is 8.95. The molecule has 1 saturated carbocycles. The van der Waals surface area contributed by atoms with E-state index in [1.165, 1.54) is 76.3 Å². The minimum atomic E-state index is 0.622. The van der Waals surface area contributed by atoms with Crippen molar-refractivity contribution in [3.63, 3.8) is 0 Å². The van der Waals surface area contributed by atoms with Crippen molar-refractivity contribution in [2.24, 2.45) is 0 Å². The minimum absolute atomic E-state index is 0.622. The molecule has 1 N–H and O–H groups in total. The lowest BCUT2D eigenvalue weighted by molar-refractivity contribution is 0.415. The fourth-order valence-corrected chi connectivity index (χ4v) is 3.26. The summed E-state index contributed by atoms with van der Waals surface area (Å²) < 4.78 is 5.32. The van der Waals surface area contributed by atoms with Gasteiger partial charge in [0.2, 0.25) is 0 Å². The van der Waals surface area contributed by atoms with E-state index in [9.17, 15) is 0 Å². The lowest BCUT2D eigenvalue weighted by Gasteiger charge is -2.21. The lowest BCUT2D eigenvalue weighted by Crippen LogP contribution is -2.19. The molecule has 1 aliphatic carbocycles. The maximum Gasteiger partial charge on any atom is 0.120 e. The molecule has 0 bridgehead atoms. The highest BCUT2D eigenvalue weighted by atomic mass is 16.5. The summed E-state index contributed by atoms with van der Waals surface area (Å²) in [5.74, 6) is 0.938. The van der Waals surface area contributed by atoms with Crippen molar-refractivity contribution in [1.82, 2.24) is 0 Å². The Morgan fingerprint density at radius 3 is 2.00 bits per heavy atom. The first-order valence-corrected chi connectivity index (χ1v) is 8.79. The molecule has 0 unspecified atom stereocenters. The quantitative estimate of drug-likeness (QED) is 0.761. The highest BCUT2D eigenvalue weighted by Crippen LogP contribution is 2.22. The molecule has 0 aromatic heterocycles. The predicted octanol–water partition coefficient (Wildman–Crippen LogP) is 5.78. The molecule has 2 heteroatoms. The SMILES string of the molecule is COc1cccc(NC2CCCCCCCCCCC2)c1. The summed E-state index contributed by atoms with van der Waals surface area (Å²) in [6.07, 6.45) is 15.3. The molecule has 1 aromatic rings. The summed E-state index contributed by atoms with van der Waals surface area (Å²) in [6.45, 7) is 0. The Bertz CT molecular complexity index is 379. The fourth-order valence-electron chi connectivity index (χ4n) is 3.26. The zero-order valence-electron chi connectivity index (χ0n) is 13.6. The van der Waals surface area contributed by atoms with E-state index in [1.807, 2.05) is 6.07 Å². The van der Waals surface area contributed by atoms with Gasteiger partial charge in [0.05, 0.1) is 7.11 Å². The summed E-state index contributed by atoms with van der Waals surface area (Å²) in [7, 11) is 1.73. The van der Waals surface area contributed by atoms with E-state index >= 15 is 0 Å². The van der Waals surface area contributed by atoms with Crippen molar-refractivity contribution in [3.05, 3.63) is 24.3 Å². The van der Waals surface area contributed by atoms with Crippen LogP contribution in [0.2, 0.25) is 0 Å². The van der Waals surface area contributed by atoms with Crippen LogP contribution in [0.15, 0.2) is 24.3 Å². The van der Waals surface area contributed by atoms with Gasteiger partial charge in [0.25, 0.3) is 0 Å². The molecule has 0 spiro atoms. The molecule has 1 aliphatic rings. The van der Waals surface area contributed by atoms with Crippen LogP contribution < -0.4 is 10.1 Å². The number of methoxy groups -OCH3 is 1. The Morgan fingerprint density at radius 1 is 0.857 bits per heavy atom. The number of rotatable bonds is 3. The van der Waals surface area contributed by atoms with Crippen LogP contribution in [0.4, 0.5) is 5.69 Å². The average molecular weight is 289 g/mol.